The number of esters is 1. The van der Waals surface area contributed by atoms with E-state index in [1.165, 1.54) is 4.90 Å². The number of rotatable bonds is 15. The van der Waals surface area contributed by atoms with Gasteiger partial charge in [-0.15, -0.1) is 13.2 Å². The Balaban J connectivity index is 1.82. The molecule has 0 aromatic heterocycles. The van der Waals surface area contributed by atoms with Crippen LogP contribution >= 0.6 is 0 Å². The number of carbonyl (C=O) groups excluding carboxylic acids is 4. The summed E-state index contributed by atoms with van der Waals surface area (Å²) >= 11 is 0. The van der Waals surface area contributed by atoms with Gasteiger partial charge in [-0.25, -0.2) is 0 Å². The molecule has 3 aliphatic rings. The van der Waals surface area contributed by atoms with Gasteiger partial charge in [-0.05, 0) is 39.5 Å². The number of nitrogens with zero attached hydrogens (tertiary/aromatic N) is 2. The summed E-state index contributed by atoms with van der Waals surface area (Å²) in [5, 5.41) is 12.5. The zero-order valence-corrected chi connectivity index (χ0v) is 22.9. The zero-order valence-electron chi connectivity index (χ0n) is 22.9. The summed E-state index contributed by atoms with van der Waals surface area (Å²) in [4.78, 5) is 56.2. The van der Waals surface area contributed by atoms with Gasteiger partial charge in [-0.1, -0.05) is 25.5 Å². The monoisotopic (exact) mass is 533 g/mol. The maximum absolute atomic E-state index is 14.0. The first-order valence-corrected chi connectivity index (χ1v) is 13.7. The highest BCUT2D eigenvalue weighted by atomic mass is 16.6. The molecule has 3 amide bonds. The molecule has 0 aromatic carbocycles. The Hall–Kier alpha value is -2.72. The lowest BCUT2D eigenvalue weighted by molar-refractivity contribution is -0.159. The smallest absolute Gasteiger partial charge is 0.312 e. The van der Waals surface area contributed by atoms with E-state index in [0.717, 1.165) is 12.8 Å². The summed E-state index contributed by atoms with van der Waals surface area (Å²) in [5.41, 5.74) is -1.15. The van der Waals surface area contributed by atoms with E-state index in [1.54, 1.807) is 24.0 Å². The first-order valence-electron chi connectivity index (χ1n) is 13.7. The molecule has 3 heterocycles. The van der Waals surface area contributed by atoms with E-state index in [0.29, 0.717) is 32.2 Å². The summed E-state index contributed by atoms with van der Waals surface area (Å²) in [6, 6.07) is -1.01. The fourth-order valence-electron chi connectivity index (χ4n) is 6.30. The maximum atomic E-state index is 14.0. The second-order valence-corrected chi connectivity index (χ2v) is 10.6. The summed E-state index contributed by atoms with van der Waals surface area (Å²) in [7, 11) is 0. The van der Waals surface area contributed by atoms with Gasteiger partial charge in [-0.2, -0.15) is 0 Å². The van der Waals surface area contributed by atoms with Gasteiger partial charge in [0.15, 0.2) is 0 Å². The fourth-order valence-corrected chi connectivity index (χ4v) is 6.30. The van der Waals surface area contributed by atoms with Crippen molar-refractivity contribution in [2.45, 2.75) is 89.2 Å². The molecule has 7 atom stereocenters. The van der Waals surface area contributed by atoms with Gasteiger partial charge in [-0.3, -0.25) is 19.2 Å². The fraction of sp³-hybridized carbons (Fsp3) is 0.714. The summed E-state index contributed by atoms with van der Waals surface area (Å²) in [5.74, 6) is -3.06. The number of aliphatic hydroxyl groups is 1. The molecule has 0 aliphatic carbocycles. The number of hydrogen-bond donors (Lipinski definition) is 2. The molecule has 0 saturated carbocycles. The normalized spacial score (nSPS) is 28.9. The molecule has 38 heavy (non-hydrogen) atoms. The molecule has 0 aromatic rings. The Morgan fingerprint density at radius 1 is 1.32 bits per heavy atom. The molecule has 2 N–H and O–H groups in total. The van der Waals surface area contributed by atoms with Crippen LogP contribution in [0.4, 0.5) is 0 Å². The molecule has 10 heteroatoms. The maximum Gasteiger partial charge on any atom is 0.312 e. The van der Waals surface area contributed by atoms with Crippen molar-refractivity contribution in [1.82, 2.24) is 15.1 Å². The number of amides is 3. The molecule has 0 radical (unpaired) electrons. The van der Waals surface area contributed by atoms with E-state index in [2.05, 4.69) is 18.5 Å². The van der Waals surface area contributed by atoms with Crippen LogP contribution in [0.3, 0.4) is 0 Å². The third kappa shape index (κ3) is 5.66. The van der Waals surface area contributed by atoms with E-state index in [-0.39, 0.29) is 43.5 Å². The minimum absolute atomic E-state index is 0.0273. The number of carbonyl (C=O) groups is 4. The van der Waals surface area contributed by atoms with Crippen molar-refractivity contribution in [1.29, 1.82) is 0 Å². The predicted molar refractivity (Wildman–Crippen MR) is 141 cm³/mol. The molecule has 1 unspecified atom stereocenters. The van der Waals surface area contributed by atoms with Crippen LogP contribution in [0.2, 0.25) is 0 Å². The third-order valence-corrected chi connectivity index (χ3v) is 7.97. The zero-order chi connectivity index (χ0) is 28.0. The number of β-amino-alcohol motifs (C(OH)–C–C–N with tert-alkyl or cyclic N) is 1. The number of aliphatic hydroxyl groups excluding tert-OH is 1. The van der Waals surface area contributed by atoms with E-state index >= 15 is 0 Å². The Labute approximate surface area is 225 Å². The van der Waals surface area contributed by atoms with Crippen LogP contribution in [0.15, 0.2) is 25.3 Å². The number of likely N-dealkylation sites (tertiary alicyclic amines) is 1. The van der Waals surface area contributed by atoms with Crippen LogP contribution in [0, 0.1) is 11.8 Å². The van der Waals surface area contributed by atoms with Gasteiger partial charge in [0.05, 0.1) is 31.1 Å². The van der Waals surface area contributed by atoms with Crippen molar-refractivity contribution < 1.29 is 33.8 Å². The first kappa shape index (κ1) is 29.8. The van der Waals surface area contributed by atoms with Crippen molar-refractivity contribution in [2.24, 2.45) is 11.8 Å². The lowest BCUT2D eigenvalue weighted by atomic mass is 9.70. The molecule has 3 saturated heterocycles. The van der Waals surface area contributed by atoms with Crippen molar-refractivity contribution in [3.05, 3.63) is 25.3 Å². The predicted octanol–water partition coefficient (Wildman–Crippen LogP) is 1.57. The molecule has 3 rings (SSSR count). The minimum atomic E-state index is -1.15. The number of nitrogens with one attached hydrogen (secondary N) is 1. The molecule has 2 bridgehead atoms. The van der Waals surface area contributed by atoms with Crippen molar-refractivity contribution in [2.75, 3.05) is 26.2 Å². The Kier molecular flexibility index (Phi) is 10.1. The van der Waals surface area contributed by atoms with Crippen molar-refractivity contribution in [3.8, 4) is 0 Å². The molecule has 1 spiro atoms. The molecule has 212 valence electrons. The van der Waals surface area contributed by atoms with Crippen LogP contribution < -0.4 is 5.32 Å². The van der Waals surface area contributed by atoms with Crippen LogP contribution in [0.1, 0.15) is 59.3 Å². The average molecular weight is 534 g/mol. The van der Waals surface area contributed by atoms with E-state index in [4.69, 9.17) is 9.47 Å². The molecular weight excluding hydrogens is 490 g/mol. The first-order chi connectivity index (χ1) is 18.2. The third-order valence-electron chi connectivity index (χ3n) is 7.97. The topological polar surface area (TPSA) is 125 Å². The highest BCUT2D eigenvalue weighted by molar-refractivity contribution is 5.98. The van der Waals surface area contributed by atoms with Crippen LogP contribution in [-0.4, -0.2) is 94.7 Å². The standard InChI is InChI=1S/C28H43N3O7/c1-6-9-11-21(33)29-17-19(5)37-27(36)22-20-12-13-28(38-20)23(22)25(34)31(15-16-32)24(28)26(35)30(14-8-3)18(4)10-7-2/h6,8,18-20,22-24,32H,1,3,7,9-17H2,2,4-5H3,(H,29,33)/t18?,19-,20+,22-,23-,24+,28-/m0/s1. The second-order valence-electron chi connectivity index (χ2n) is 10.6. The van der Waals surface area contributed by atoms with Crippen molar-refractivity contribution >= 4 is 23.7 Å². The molecule has 10 nitrogen and oxygen atoms in total. The van der Waals surface area contributed by atoms with E-state index < -0.39 is 41.7 Å². The van der Waals surface area contributed by atoms with E-state index in [9.17, 15) is 24.3 Å². The van der Waals surface area contributed by atoms with Gasteiger partial charge in [0.2, 0.25) is 17.7 Å². The van der Waals surface area contributed by atoms with Crippen LogP contribution in [-0.2, 0) is 28.7 Å². The lowest BCUT2D eigenvalue weighted by Gasteiger charge is -2.38. The van der Waals surface area contributed by atoms with E-state index in [1.807, 2.05) is 13.8 Å². The lowest BCUT2D eigenvalue weighted by Crippen LogP contribution is -2.58. The second kappa shape index (κ2) is 12.9. The Morgan fingerprint density at radius 2 is 2.05 bits per heavy atom. The van der Waals surface area contributed by atoms with Gasteiger partial charge in [0.25, 0.3) is 0 Å². The highest BCUT2D eigenvalue weighted by Gasteiger charge is 2.75. The molecule has 3 aliphatic heterocycles. The Morgan fingerprint density at radius 3 is 2.68 bits per heavy atom. The average Bonchev–Trinajstić information content (AvgIpc) is 3.52. The number of hydrogen-bond acceptors (Lipinski definition) is 7. The van der Waals surface area contributed by atoms with Gasteiger partial charge in [0.1, 0.15) is 17.7 Å². The minimum Gasteiger partial charge on any atom is -0.460 e. The number of ether oxygens (including phenoxy) is 2. The van der Waals surface area contributed by atoms with Crippen LogP contribution in [0.5, 0.6) is 0 Å². The number of allylic oxidation sites excluding steroid dienone is 1. The highest BCUT2D eigenvalue weighted by Crippen LogP contribution is 2.58. The largest absolute Gasteiger partial charge is 0.460 e. The summed E-state index contributed by atoms with van der Waals surface area (Å²) < 4.78 is 12.1. The van der Waals surface area contributed by atoms with Gasteiger partial charge < -0.3 is 29.7 Å². The summed E-state index contributed by atoms with van der Waals surface area (Å²) in [6.45, 7) is 13.2. The molecule has 3 fully saturated rings. The Bertz CT molecular complexity index is 924. The number of fused-ring (bicyclic) bond motifs is 1. The van der Waals surface area contributed by atoms with Crippen molar-refractivity contribution in [3.63, 3.8) is 0 Å². The SMILES string of the molecule is C=CCCC(=O)NC[C@H](C)OC(=O)[C@@H]1[C@H]2C(=O)N(CCO)[C@H](C(=O)N(CC=C)C(C)CCC)[C@]23CC[C@H]1O3. The van der Waals surface area contributed by atoms with Crippen LogP contribution in [0.25, 0.3) is 0 Å². The quantitative estimate of drug-likeness (QED) is 0.242. The summed E-state index contributed by atoms with van der Waals surface area (Å²) in [6.07, 6.45) is 5.72. The van der Waals surface area contributed by atoms with Gasteiger partial charge in [0, 0.05) is 25.6 Å². The molecular formula is C28H43N3O7. The van der Waals surface area contributed by atoms with Gasteiger partial charge >= 0.3 is 5.97 Å².